The molecule has 1 N–H and O–H groups in total. The Kier molecular flexibility index (Phi) is 3.94. The topological polar surface area (TPSA) is 75.5 Å². The van der Waals surface area contributed by atoms with Crippen LogP contribution in [0, 0.1) is 16.0 Å². The number of thiophene rings is 1. The van der Waals surface area contributed by atoms with Crippen LogP contribution < -0.4 is 5.32 Å². The van der Waals surface area contributed by atoms with Crippen molar-refractivity contribution in [2.24, 2.45) is 5.92 Å². The number of nitro groups is 1. The number of piperidine rings is 3. The number of fused-ring (bicyclic) bond motifs is 4. The number of rotatable bonds is 3. The summed E-state index contributed by atoms with van der Waals surface area (Å²) in [5.74, 6) is 0.357. The van der Waals surface area contributed by atoms with Crippen molar-refractivity contribution < 1.29 is 9.72 Å². The van der Waals surface area contributed by atoms with E-state index in [0.29, 0.717) is 25.9 Å². The second-order valence-electron chi connectivity index (χ2n) is 6.40. The number of benzene rings is 1. The van der Waals surface area contributed by atoms with Gasteiger partial charge in [0.15, 0.2) is 0 Å². The number of carbonyl (C=O) groups excluding carboxylic acids is 1. The Morgan fingerprint density at radius 1 is 1.38 bits per heavy atom. The van der Waals surface area contributed by atoms with Crippen LogP contribution in [0.25, 0.3) is 10.1 Å². The van der Waals surface area contributed by atoms with Crippen molar-refractivity contribution in [2.75, 3.05) is 19.6 Å². The van der Waals surface area contributed by atoms with Gasteiger partial charge in [0.05, 0.1) is 9.95 Å². The molecule has 0 saturated carbocycles. The monoisotopic (exact) mass is 365 g/mol. The molecule has 8 heteroatoms. The van der Waals surface area contributed by atoms with E-state index >= 15 is 0 Å². The van der Waals surface area contributed by atoms with Crippen molar-refractivity contribution in [3.05, 3.63) is 38.2 Å². The lowest BCUT2D eigenvalue weighted by molar-refractivity contribution is -0.384. The maximum Gasteiger partial charge on any atom is 0.270 e. The fraction of sp³-hybridized carbons (Fsp3) is 0.438. The average Bonchev–Trinajstić information content (AvgIpc) is 2.92. The fourth-order valence-electron chi connectivity index (χ4n) is 3.68. The highest BCUT2D eigenvalue weighted by molar-refractivity contribution is 7.21. The number of hydrogen-bond donors (Lipinski definition) is 1. The quantitative estimate of drug-likeness (QED) is 0.669. The van der Waals surface area contributed by atoms with Crippen LogP contribution >= 0.6 is 22.9 Å². The molecule has 24 heavy (non-hydrogen) atoms. The molecule has 126 valence electrons. The summed E-state index contributed by atoms with van der Waals surface area (Å²) >= 11 is 7.56. The van der Waals surface area contributed by atoms with Crippen molar-refractivity contribution in [2.45, 2.75) is 18.9 Å². The Morgan fingerprint density at radius 3 is 2.75 bits per heavy atom. The molecular formula is C16H16ClN3O3S. The number of amides is 1. The van der Waals surface area contributed by atoms with E-state index in [1.165, 1.54) is 23.5 Å². The van der Waals surface area contributed by atoms with E-state index in [9.17, 15) is 14.9 Å². The normalized spacial score (nSPS) is 25.8. The van der Waals surface area contributed by atoms with Gasteiger partial charge in [0, 0.05) is 34.8 Å². The molecule has 5 rings (SSSR count). The summed E-state index contributed by atoms with van der Waals surface area (Å²) in [4.78, 5) is 25.9. The van der Waals surface area contributed by atoms with E-state index in [1.807, 2.05) is 0 Å². The zero-order valence-electron chi connectivity index (χ0n) is 12.8. The summed E-state index contributed by atoms with van der Waals surface area (Å²) in [5, 5.41) is 15.1. The summed E-state index contributed by atoms with van der Waals surface area (Å²) in [5.41, 5.74) is 0.00441. The molecular weight excluding hydrogens is 350 g/mol. The van der Waals surface area contributed by atoms with E-state index in [0.717, 1.165) is 32.5 Å². The lowest BCUT2D eigenvalue weighted by atomic mass is 9.84. The van der Waals surface area contributed by atoms with E-state index < -0.39 is 4.92 Å². The predicted molar refractivity (Wildman–Crippen MR) is 93.9 cm³/mol. The van der Waals surface area contributed by atoms with Gasteiger partial charge in [0.2, 0.25) is 0 Å². The van der Waals surface area contributed by atoms with Crippen LogP contribution in [0.3, 0.4) is 0 Å². The molecule has 3 aliphatic heterocycles. The SMILES string of the molecule is O=C(N[C@H]1CN2CCC1CC2)c1sc2cc([N+](=O)[O-])ccc2c1Cl. The molecule has 2 aromatic rings. The fourth-order valence-corrected chi connectivity index (χ4v) is 5.13. The third-order valence-corrected chi connectivity index (χ3v) is 6.66. The van der Waals surface area contributed by atoms with Crippen molar-refractivity contribution >= 4 is 44.6 Å². The van der Waals surface area contributed by atoms with Gasteiger partial charge in [-0.05, 0) is 37.9 Å². The van der Waals surface area contributed by atoms with Gasteiger partial charge in [0.25, 0.3) is 11.6 Å². The summed E-state index contributed by atoms with van der Waals surface area (Å²) in [6, 6.07) is 4.65. The van der Waals surface area contributed by atoms with Crippen molar-refractivity contribution in [3.63, 3.8) is 0 Å². The predicted octanol–water partition coefficient (Wildman–Crippen LogP) is 3.29. The molecule has 0 radical (unpaired) electrons. The molecule has 0 spiro atoms. The van der Waals surface area contributed by atoms with E-state index in [2.05, 4.69) is 10.2 Å². The maximum absolute atomic E-state index is 12.7. The minimum atomic E-state index is -0.444. The van der Waals surface area contributed by atoms with Gasteiger partial charge in [-0.15, -0.1) is 11.3 Å². The molecule has 0 unspecified atom stereocenters. The minimum absolute atomic E-state index is 0.00441. The molecule has 1 aromatic carbocycles. The van der Waals surface area contributed by atoms with Crippen molar-refractivity contribution in [1.29, 1.82) is 0 Å². The average molecular weight is 366 g/mol. The standard InChI is InChI=1S/C16H16ClN3O3S/c17-14-11-2-1-10(20(22)23)7-13(11)24-15(14)16(21)18-12-8-19-5-3-9(12)4-6-19/h1-2,7,9,12H,3-6,8H2,(H,18,21)/t12-/m0/s1. The first-order valence-corrected chi connectivity index (χ1v) is 9.12. The Labute approximate surface area is 147 Å². The molecule has 3 aliphatic rings. The first kappa shape index (κ1) is 15.8. The van der Waals surface area contributed by atoms with Crippen LogP contribution in [0.1, 0.15) is 22.5 Å². The van der Waals surface area contributed by atoms with Gasteiger partial charge < -0.3 is 10.2 Å². The van der Waals surface area contributed by atoms with E-state index in [4.69, 9.17) is 11.6 Å². The molecule has 0 aliphatic carbocycles. The van der Waals surface area contributed by atoms with Gasteiger partial charge in [-0.1, -0.05) is 11.6 Å². The number of hydrogen-bond acceptors (Lipinski definition) is 5. The van der Waals surface area contributed by atoms with Gasteiger partial charge in [0.1, 0.15) is 4.88 Å². The van der Waals surface area contributed by atoms with Crippen LogP contribution in [0.15, 0.2) is 18.2 Å². The highest BCUT2D eigenvalue weighted by atomic mass is 35.5. The third kappa shape index (κ3) is 2.66. The van der Waals surface area contributed by atoms with Gasteiger partial charge in [-0.25, -0.2) is 0 Å². The Balaban J connectivity index is 1.60. The first-order chi connectivity index (χ1) is 11.5. The number of non-ortho nitro benzene ring substituents is 1. The molecule has 1 aromatic heterocycles. The Hall–Kier alpha value is -1.70. The smallest absolute Gasteiger partial charge is 0.270 e. The first-order valence-electron chi connectivity index (χ1n) is 7.92. The lowest BCUT2D eigenvalue weighted by Crippen LogP contribution is -2.57. The summed E-state index contributed by atoms with van der Waals surface area (Å²) < 4.78 is 0.660. The lowest BCUT2D eigenvalue weighted by Gasteiger charge is -2.44. The minimum Gasteiger partial charge on any atom is -0.347 e. The zero-order valence-corrected chi connectivity index (χ0v) is 14.4. The number of carbonyl (C=O) groups is 1. The molecule has 4 heterocycles. The summed E-state index contributed by atoms with van der Waals surface area (Å²) in [6.07, 6.45) is 2.24. The number of nitrogens with one attached hydrogen (secondary N) is 1. The van der Waals surface area contributed by atoms with Crippen LogP contribution in [0.5, 0.6) is 0 Å². The summed E-state index contributed by atoms with van der Waals surface area (Å²) in [7, 11) is 0. The van der Waals surface area contributed by atoms with Crippen LogP contribution in [0.4, 0.5) is 5.69 Å². The molecule has 1 atom stereocenters. The largest absolute Gasteiger partial charge is 0.347 e. The zero-order chi connectivity index (χ0) is 16.8. The molecule has 2 bridgehead atoms. The van der Waals surface area contributed by atoms with Gasteiger partial charge in [-0.2, -0.15) is 0 Å². The number of nitrogens with zero attached hydrogens (tertiary/aromatic N) is 2. The van der Waals surface area contributed by atoms with E-state index in [-0.39, 0.29) is 17.6 Å². The summed E-state index contributed by atoms with van der Waals surface area (Å²) in [6.45, 7) is 3.12. The molecule has 6 nitrogen and oxygen atoms in total. The van der Waals surface area contributed by atoms with E-state index in [1.54, 1.807) is 6.07 Å². The van der Waals surface area contributed by atoms with Crippen LogP contribution in [0.2, 0.25) is 5.02 Å². The van der Waals surface area contributed by atoms with Crippen molar-refractivity contribution in [3.8, 4) is 0 Å². The Bertz CT molecular complexity index is 829. The second-order valence-corrected chi connectivity index (χ2v) is 7.83. The second kappa shape index (κ2) is 5.98. The molecule has 1 amide bonds. The molecule has 3 fully saturated rings. The van der Waals surface area contributed by atoms with Gasteiger partial charge in [-0.3, -0.25) is 14.9 Å². The third-order valence-electron chi connectivity index (χ3n) is 5.00. The van der Waals surface area contributed by atoms with Crippen LogP contribution in [-0.4, -0.2) is 41.4 Å². The maximum atomic E-state index is 12.7. The Morgan fingerprint density at radius 2 is 2.12 bits per heavy atom. The number of nitro benzene ring substituents is 1. The number of halogens is 1. The molecule has 3 saturated heterocycles. The van der Waals surface area contributed by atoms with Crippen molar-refractivity contribution in [1.82, 2.24) is 10.2 Å². The highest BCUT2D eigenvalue weighted by Gasteiger charge is 2.35. The highest BCUT2D eigenvalue weighted by Crippen LogP contribution is 2.37. The van der Waals surface area contributed by atoms with Crippen LogP contribution in [-0.2, 0) is 0 Å². The van der Waals surface area contributed by atoms with Gasteiger partial charge >= 0.3 is 0 Å².